The molecule has 4 rings (SSSR count). The maximum Gasteiger partial charge on any atom is 0.193 e. The number of benzene rings is 2. The Morgan fingerprint density at radius 2 is 1.80 bits per heavy atom. The van der Waals surface area contributed by atoms with Crippen molar-refractivity contribution < 1.29 is 4.74 Å². The van der Waals surface area contributed by atoms with Crippen molar-refractivity contribution in [2.24, 2.45) is 10.7 Å². The topological polar surface area (TPSA) is 75.8 Å². The molecule has 2 aromatic carbocycles. The number of anilines is 2. The summed E-state index contributed by atoms with van der Waals surface area (Å²) in [6.07, 6.45) is 2.42. The minimum Gasteiger partial charge on any atom is -0.457 e. The molecule has 0 unspecified atom stereocenters. The highest BCUT2D eigenvalue weighted by Gasteiger charge is 2.17. The van der Waals surface area contributed by atoms with Gasteiger partial charge in [-0.1, -0.05) is 30.3 Å². The lowest BCUT2D eigenvalue weighted by Gasteiger charge is -2.20. The first-order valence-electron chi connectivity index (χ1n) is 10.3. The van der Waals surface area contributed by atoms with E-state index < -0.39 is 0 Å². The summed E-state index contributed by atoms with van der Waals surface area (Å²) in [6, 6.07) is 21.5. The van der Waals surface area contributed by atoms with Crippen molar-refractivity contribution in [2.45, 2.75) is 26.3 Å². The standard InChI is InChI=1S/C24H27N5O/c1-18-12-13-19(23(27-18)29-14-5-6-15-29)17-26-24(25)28-20-8-7-11-22(16-20)30-21-9-3-2-4-10-21/h2-4,7-13,16H,5-6,14-15,17H2,1H3,(H3,25,26,28). The molecule has 0 bridgehead atoms. The summed E-state index contributed by atoms with van der Waals surface area (Å²) in [5, 5.41) is 3.15. The van der Waals surface area contributed by atoms with Gasteiger partial charge >= 0.3 is 0 Å². The Bertz CT molecular complexity index is 1010. The second kappa shape index (κ2) is 9.31. The molecule has 6 heteroatoms. The van der Waals surface area contributed by atoms with E-state index in [1.165, 1.54) is 12.8 Å². The summed E-state index contributed by atoms with van der Waals surface area (Å²) < 4.78 is 5.88. The van der Waals surface area contributed by atoms with Crippen LogP contribution in [0.5, 0.6) is 11.5 Å². The third-order valence-corrected chi connectivity index (χ3v) is 5.01. The number of hydrogen-bond acceptors (Lipinski definition) is 4. The Kier molecular flexibility index (Phi) is 6.13. The van der Waals surface area contributed by atoms with Crippen LogP contribution in [0, 0.1) is 6.92 Å². The van der Waals surface area contributed by atoms with Crippen LogP contribution in [0.1, 0.15) is 24.1 Å². The molecule has 6 nitrogen and oxygen atoms in total. The molecule has 0 aliphatic carbocycles. The number of ether oxygens (including phenoxy) is 1. The summed E-state index contributed by atoms with van der Waals surface area (Å²) >= 11 is 0. The minimum absolute atomic E-state index is 0.361. The quantitative estimate of drug-likeness (QED) is 0.462. The van der Waals surface area contributed by atoms with Crippen LogP contribution >= 0.6 is 0 Å². The first kappa shape index (κ1) is 19.8. The van der Waals surface area contributed by atoms with Crippen molar-refractivity contribution in [3.63, 3.8) is 0 Å². The Balaban J connectivity index is 1.43. The van der Waals surface area contributed by atoms with Crippen LogP contribution in [0.4, 0.5) is 11.5 Å². The van der Waals surface area contributed by atoms with Crippen LogP contribution < -0.4 is 20.7 Å². The molecule has 30 heavy (non-hydrogen) atoms. The molecule has 3 N–H and O–H groups in total. The first-order chi connectivity index (χ1) is 14.7. The van der Waals surface area contributed by atoms with E-state index >= 15 is 0 Å². The van der Waals surface area contributed by atoms with E-state index in [1.54, 1.807) is 0 Å². The molecule has 0 spiro atoms. The molecule has 1 aliphatic rings. The van der Waals surface area contributed by atoms with Gasteiger partial charge in [-0.3, -0.25) is 0 Å². The zero-order valence-corrected chi connectivity index (χ0v) is 17.2. The largest absolute Gasteiger partial charge is 0.457 e. The second-order valence-electron chi connectivity index (χ2n) is 7.40. The molecular weight excluding hydrogens is 374 g/mol. The lowest BCUT2D eigenvalue weighted by molar-refractivity contribution is 0.483. The molecule has 0 amide bonds. The summed E-state index contributed by atoms with van der Waals surface area (Å²) in [6.45, 7) is 4.61. The Labute approximate surface area is 177 Å². The van der Waals surface area contributed by atoms with Crippen LogP contribution in [0.2, 0.25) is 0 Å². The SMILES string of the molecule is Cc1ccc(CN=C(N)Nc2cccc(Oc3ccccc3)c2)c(N2CCCC2)n1. The van der Waals surface area contributed by atoms with E-state index in [9.17, 15) is 0 Å². The molecule has 0 radical (unpaired) electrons. The highest BCUT2D eigenvalue weighted by atomic mass is 16.5. The molecule has 3 aromatic rings. The number of nitrogens with zero attached hydrogens (tertiary/aromatic N) is 3. The molecule has 0 atom stereocenters. The number of nitrogens with two attached hydrogens (primary N) is 1. The smallest absolute Gasteiger partial charge is 0.193 e. The van der Waals surface area contributed by atoms with E-state index in [1.807, 2.05) is 67.6 Å². The number of hydrogen-bond donors (Lipinski definition) is 2. The average molecular weight is 402 g/mol. The first-order valence-corrected chi connectivity index (χ1v) is 10.3. The lowest BCUT2D eigenvalue weighted by atomic mass is 10.2. The van der Waals surface area contributed by atoms with Gasteiger partial charge in [-0.15, -0.1) is 0 Å². The predicted octanol–water partition coefficient (Wildman–Crippen LogP) is 4.71. The van der Waals surface area contributed by atoms with Gasteiger partial charge < -0.3 is 20.7 Å². The molecule has 154 valence electrons. The van der Waals surface area contributed by atoms with Gasteiger partial charge in [0, 0.05) is 36.1 Å². The van der Waals surface area contributed by atoms with E-state index in [4.69, 9.17) is 15.5 Å². The Morgan fingerprint density at radius 3 is 2.60 bits per heavy atom. The highest BCUT2D eigenvalue weighted by molar-refractivity contribution is 5.92. The third-order valence-electron chi connectivity index (χ3n) is 5.01. The van der Waals surface area contributed by atoms with Crippen molar-refractivity contribution >= 4 is 17.5 Å². The normalized spacial score (nSPS) is 14.0. The lowest BCUT2D eigenvalue weighted by Crippen LogP contribution is -2.23. The van der Waals surface area contributed by atoms with Gasteiger partial charge in [0.15, 0.2) is 5.96 Å². The summed E-state index contributed by atoms with van der Waals surface area (Å²) in [7, 11) is 0. The molecule has 2 heterocycles. The Hall–Kier alpha value is -3.54. The van der Waals surface area contributed by atoms with Gasteiger partial charge in [0.05, 0.1) is 6.54 Å². The van der Waals surface area contributed by atoms with Gasteiger partial charge in [0.25, 0.3) is 0 Å². The van der Waals surface area contributed by atoms with Crippen molar-refractivity contribution in [2.75, 3.05) is 23.3 Å². The Morgan fingerprint density at radius 1 is 1.03 bits per heavy atom. The number of rotatable bonds is 6. The minimum atomic E-state index is 0.361. The summed E-state index contributed by atoms with van der Waals surface area (Å²) in [5.41, 5.74) is 9.09. The molecule has 1 saturated heterocycles. The number of guanidine groups is 1. The fourth-order valence-electron chi connectivity index (χ4n) is 3.52. The zero-order valence-electron chi connectivity index (χ0n) is 17.2. The van der Waals surface area contributed by atoms with Crippen LogP contribution in [0.25, 0.3) is 0 Å². The van der Waals surface area contributed by atoms with Crippen LogP contribution in [-0.4, -0.2) is 24.0 Å². The van der Waals surface area contributed by atoms with E-state index in [2.05, 4.69) is 21.3 Å². The maximum atomic E-state index is 6.15. The van der Waals surface area contributed by atoms with Gasteiger partial charge in [-0.2, -0.15) is 0 Å². The predicted molar refractivity (Wildman–Crippen MR) is 122 cm³/mol. The van der Waals surface area contributed by atoms with Gasteiger partial charge in [0.2, 0.25) is 0 Å². The molecule has 1 aliphatic heterocycles. The summed E-state index contributed by atoms with van der Waals surface area (Å²) in [4.78, 5) is 11.6. The van der Waals surface area contributed by atoms with Crippen molar-refractivity contribution in [3.05, 3.63) is 78.0 Å². The van der Waals surface area contributed by atoms with Crippen LogP contribution in [0.15, 0.2) is 71.7 Å². The van der Waals surface area contributed by atoms with Crippen LogP contribution in [0.3, 0.4) is 0 Å². The summed E-state index contributed by atoms with van der Waals surface area (Å²) in [5.74, 6) is 2.91. The third kappa shape index (κ3) is 5.08. The van der Waals surface area contributed by atoms with Crippen LogP contribution in [-0.2, 0) is 6.54 Å². The zero-order chi connectivity index (χ0) is 20.8. The monoisotopic (exact) mass is 401 g/mol. The number of aliphatic imine (C=N–C) groups is 1. The molecule has 1 aromatic heterocycles. The second-order valence-corrected chi connectivity index (χ2v) is 7.40. The number of pyridine rings is 1. The van der Waals surface area contributed by atoms with E-state index in [0.717, 1.165) is 47.4 Å². The van der Waals surface area contributed by atoms with Crippen molar-refractivity contribution in [1.82, 2.24) is 4.98 Å². The van der Waals surface area contributed by atoms with Gasteiger partial charge in [0.1, 0.15) is 17.3 Å². The molecular formula is C24H27N5O. The fourth-order valence-corrected chi connectivity index (χ4v) is 3.52. The van der Waals surface area contributed by atoms with E-state index in [0.29, 0.717) is 12.5 Å². The van der Waals surface area contributed by atoms with Crippen molar-refractivity contribution in [3.8, 4) is 11.5 Å². The fraction of sp³-hybridized carbons (Fsp3) is 0.250. The van der Waals surface area contributed by atoms with Gasteiger partial charge in [-0.05, 0) is 50.1 Å². The van der Waals surface area contributed by atoms with Gasteiger partial charge in [-0.25, -0.2) is 9.98 Å². The average Bonchev–Trinajstić information content (AvgIpc) is 3.29. The highest BCUT2D eigenvalue weighted by Crippen LogP contribution is 2.25. The van der Waals surface area contributed by atoms with E-state index in [-0.39, 0.29) is 0 Å². The molecule has 0 saturated carbocycles. The number of aryl methyl sites for hydroxylation is 1. The number of nitrogens with one attached hydrogen (secondary N) is 1. The number of aromatic nitrogens is 1. The maximum absolute atomic E-state index is 6.15. The number of para-hydroxylation sites is 1. The molecule has 1 fully saturated rings. The van der Waals surface area contributed by atoms with Crippen molar-refractivity contribution in [1.29, 1.82) is 0 Å².